The van der Waals surface area contributed by atoms with Gasteiger partial charge in [0.25, 0.3) is 0 Å². The topological polar surface area (TPSA) is 3.24 Å². The largest absolute Gasteiger partial charge is 0.303 e. The molecule has 1 aromatic rings. The molecule has 2 heteroatoms. The first-order valence-corrected chi connectivity index (χ1v) is 8.79. The van der Waals surface area contributed by atoms with Crippen LogP contribution in [0.15, 0.2) is 29.2 Å². The Hall–Kier alpha value is -0.470. The molecule has 0 saturated carbocycles. The molecule has 3 rings (SSSR count). The summed E-state index contributed by atoms with van der Waals surface area (Å²) >= 11 is 2.05. The molecule has 1 saturated heterocycles. The predicted octanol–water partition coefficient (Wildman–Crippen LogP) is 4.39. The van der Waals surface area contributed by atoms with Gasteiger partial charge in [-0.2, -0.15) is 0 Å². The van der Waals surface area contributed by atoms with Gasteiger partial charge in [-0.05, 0) is 49.9 Å². The van der Waals surface area contributed by atoms with Crippen LogP contribution in [0.1, 0.15) is 44.1 Å². The van der Waals surface area contributed by atoms with Gasteiger partial charge in [0.05, 0.1) is 0 Å². The van der Waals surface area contributed by atoms with Crippen LogP contribution in [0, 0.1) is 5.92 Å². The van der Waals surface area contributed by atoms with Crippen molar-refractivity contribution in [2.45, 2.75) is 43.4 Å². The Kier molecular flexibility index (Phi) is 4.49. The molecule has 2 heterocycles. The Bertz CT molecular complexity index is 417. The van der Waals surface area contributed by atoms with Crippen LogP contribution in [0.4, 0.5) is 0 Å². The van der Waals surface area contributed by atoms with E-state index >= 15 is 0 Å². The standard InChI is InChI=1S/C17H25NS/c1-2-14-6-5-10-18(11-9-14)12-15-13-19-17-8-4-3-7-16(15)17/h3-4,7-8,14-15H,2,5-6,9-13H2,1H3. The van der Waals surface area contributed by atoms with E-state index in [1.807, 2.05) is 11.8 Å². The van der Waals surface area contributed by atoms with Crippen molar-refractivity contribution in [3.63, 3.8) is 0 Å². The first-order valence-electron chi connectivity index (χ1n) is 7.81. The van der Waals surface area contributed by atoms with Gasteiger partial charge >= 0.3 is 0 Å². The normalized spacial score (nSPS) is 28.1. The van der Waals surface area contributed by atoms with Crippen molar-refractivity contribution in [3.05, 3.63) is 29.8 Å². The molecule has 2 aliphatic heterocycles. The second kappa shape index (κ2) is 6.32. The second-order valence-electron chi connectivity index (χ2n) is 6.05. The first-order chi connectivity index (χ1) is 9.36. The molecule has 0 aromatic heterocycles. The SMILES string of the molecule is CCC1CCCN(CC2CSc3ccccc32)CC1. The smallest absolute Gasteiger partial charge is 0.0108 e. The number of hydrogen-bond donors (Lipinski definition) is 0. The molecule has 0 N–H and O–H groups in total. The zero-order valence-corrected chi connectivity index (χ0v) is 12.8. The van der Waals surface area contributed by atoms with Crippen LogP contribution in [0.3, 0.4) is 0 Å². The van der Waals surface area contributed by atoms with Gasteiger partial charge in [-0.1, -0.05) is 31.5 Å². The van der Waals surface area contributed by atoms with Gasteiger partial charge in [0, 0.05) is 23.1 Å². The molecule has 0 bridgehead atoms. The van der Waals surface area contributed by atoms with Gasteiger partial charge in [-0.3, -0.25) is 0 Å². The highest BCUT2D eigenvalue weighted by molar-refractivity contribution is 7.99. The molecule has 0 aliphatic carbocycles. The maximum absolute atomic E-state index is 2.73. The fraction of sp³-hybridized carbons (Fsp3) is 0.647. The number of benzene rings is 1. The highest BCUT2D eigenvalue weighted by atomic mass is 32.2. The van der Waals surface area contributed by atoms with Gasteiger partial charge in [0.1, 0.15) is 0 Å². The molecule has 104 valence electrons. The van der Waals surface area contributed by atoms with Gasteiger partial charge in [0.15, 0.2) is 0 Å². The molecule has 0 spiro atoms. The molecule has 2 unspecified atom stereocenters. The quantitative estimate of drug-likeness (QED) is 0.805. The van der Waals surface area contributed by atoms with E-state index in [1.165, 1.54) is 56.0 Å². The molecule has 0 amide bonds. The van der Waals surface area contributed by atoms with Gasteiger partial charge in [0.2, 0.25) is 0 Å². The van der Waals surface area contributed by atoms with E-state index in [9.17, 15) is 0 Å². The Labute approximate surface area is 121 Å². The summed E-state index contributed by atoms with van der Waals surface area (Å²) < 4.78 is 0. The molecule has 1 fully saturated rings. The fourth-order valence-corrected chi connectivity index (χ4v) is 4.75. The van der Waals surface area contributed by atoms with Crippen molar-refractivity contribution in [2.24, 2.45) is 5.92 Å². The van der Waals surface area contributed by atoms with Crippen molar-refractivity contribution in [1.29, 1.82) is 0 Å². The number of rotatable bonds is 3. The summed E-state index contributed by atoms with van der Waals surface area (Å²) in [6.07, 6.45) is 5.64. The molecular formula is C17H25NS. The lowest BCUT2D eigenvalue weighted by Gasteiger charge is -2.24. The summed E-state index contributed by atoms with van der Waals surface area (Å²) in [7, 11) is 0. The minimum atomic E-state index is 0.763. The van der Waals surface area contributed by atoms with E-state index in [1.54, 1.807) is 5.56 Å². The van der Waals surface area contributed by atoms with E-state index in [2.05, 4.69) is 36.1 Å². The summed E-state index contributed by atoms with van der Waals surface area (Å²) in [4.78, 5) is 4.25. The molecular weight excluding hydrogens is 250 g/mol. The zero-order valence-electron chi connectivity index (χ0n) is 12.0. The van der Waals surface area contributed by atoms with Crippen LogP contribution in [0.5, 0.6) is 0 Å². The Morgan fingerprint density at radius 2 is 2.11 bits per heavy atom. The minimum Gasteiger partial charge on any atom is -0.303 e. The molecule has 1 aromatic carbocycles. The maximum Gasteiger partial charge on any atom is 0.0108 e. The van der Waals surface area contributed by atoms with Crippen LogP contribution in [0.25, 0.3) is 0 Å². The lowest BCUT2D eigenvalue weighted by Crippen LogP contribution is -2.30. The summed E-state index contributed by atoms with van der Waals surface area (Å²) in [5.74, 6) is 3.03. The van der Waals surface area contributed by atoms with Crippen LogP contribution in [0.2, 0.25) is 0 Å². The molecule has 1 nitrogen and oxygen atoms in total. The van der Waals surface area contributed by atoms with E-state index in [-0.39, 0.29) is 0 Å². The van der Waals surface area contributed by atoms with Gasteiger partial charge in [-0.25, -0.2) is 0 Å². The second-order valence-corrected chi connectivity index (χ2v) is 7.11. The molecule has 2 aliphatic rings. The zero-order chi connectivity index (χ0) is 13.1. The van der Waals surface area contributed by atoms with E-state index in [0.717, 1.165) is 11.8 Å². The summed E-state index contributed by atoms with van der Waals surface area (Å²) in [6.45, 7) is 6.27. The van der Waals surface area contributed by atoms with Crippen molar-refractivity contribution in [3.8, 4) is 0 Å². The summed E-state index contributed by atoms with van der Waals surface area (Å²) in [6, 6.07) is 9.00. The number of likely N-dealkylation sites (tertiary alicyclic amines) is 1. The monoisotopic (exact) mass is 275 g/mol. The van der Waals surface area contributed by atoms with E-state index in [0.29, 0.717) is 0 Å². The molecule has 0 radical (unpaired) electrons. The van der Waals surface area contributed by atoms with Crippen LogP contribution >= 0.6 is 11.8 Å². The maximum atomic E-state index is 2.73. The van der Waals surface area contributed by atoms with Crippen molar-refractivity contribution >= 4 is 11.8 Å². The minimum absolute atomic E-state index is 0.763. The Morgan fingerprint density at radius 3 is 3.00 bits per heavy atom. The average molecular weight is 275 g/mol. The third-order valence-electron chi connectivity index (χ3n) is 4.80. The predicted molar refractivity (Wildman–Crippen MR) is 84.0 cm³/mol. The summed E-state index contributed by atoms with van der Waals surface area (Å²) in [5.41, 5.74) is 1.60. The Morgan fingerprint density at radius 1 is 1.21 bits per heavy atom. The van der Waals surface area contributed by atoms with Gasteiger partial charge in [-0.15, -0.1) is 11.8 Å². The number of thioether (sulfide) groups is 1. The van der Waals surface area contributed by atoms with E-state index < -0.39 is 0 Å². The highest BCUT2D eigenvalue weighted by Gasteiger charge is 2.25. The van der Waals surface area contributed by atoms with Crippen LogP contribution in [-0.4, -0.2) is 30.3 Å². The van der Waals surface area contributed by atoms with Crippen molar-refractivity contribution < 1.29 is 0 Å². The lowest BCUT2D eigenvalue weighted by molar-refractivity contribution is 0.268. The number of nitrogens with zero attached hydrogens (tertiary/aromatic N) is 1. The number of hydrogen-bond acceptors (Lipinski definition) is 2. The Balaban J connectivity index is 1.60. The summed E-state index contributed by atoms with van der Waals surface area (Å²) in [5, 5.41) is 0. The first kappa shape index (κ1) is 13.5. The van der Waals surface area contributed by atoms with E-state index in [4.69, 9.17) is 0 Å². The van der Waals surface area contributed by atoms with Crippen molar-refractivity contribution in [2.75, 3.05) is 25.4 Å². The van der Waals surface area contributed by atoms with Crippen LogP contribution < -0.4 is 0 Å². The fourth-order valence-electron chi connectivity index (χ4n) is 3.51. The van der Waals surface area contributed by atoms with Crippen LogP contribution in [-0.2, 0) is 0 Å². The average Bonchev–Trinajstić information content (AvgIpc) is 2.71. The third kappa shape index (κ3) is 3.17. The van der Waals surface area contributed by atoms with Gasteiger partial charge < -0.3 is 4.90 Å². The highest BCUT2D eigenvalue weighted by Crippen LogP contribution is 2.39. The molecule has 2 atom stereocenters. The lowest BCUT2D eigenvalue weighted by atomic mass is 9.98. The van der Waals surface area contributed by atoms with Crippen molar-refractivity contribution in [1.82, 2.24) is 4.90 Å². The third-order valence-corrected chi connectivity index (χ3v) is 6.05. The number of fused-ring (bicyclic) bond motifs is 1. The molecule has 19 heavy (non-hydrogen) atoms.